The maximum absolute atomic E-state index is 11.8. The van der Waals surface area contributed by atoms with Gasteiger partial charge in [-0.2, -0.15) is 5.10 Å². The SMILES string of the molecule is COc1ccc(Br)cc1C=NNC(=O)CNC(=O)Cc1ccc(Cl)cc1. The molecule has 136 valence electrons. The molecule has 0 radical (unpaired) electrons. The number of nitrogens with one attached hydrogen (secondary N) is 2. The van der Waals surface area contributed by atoms with E-state index in [9.17, 15) is 9.59 Å². The summed E-state index contributed by atoms with van der Waals surface area (Å²) in [7, 11) is 1.55. The molecule has 0 aliphatic carbocycles. The third kappa shape index (κ3) is 6.50. The van der Waals surface area contributed by atoms with Gasteiger partial charge in [-0.15, -0.1) is 0 Å². The zero-order chi connectivity index (χ0) is 18.9. The van der Waals surface area contributed by atoms with E-state index in [0.717, 1.165) is 10.0 Å². The van der Waals surface area contributed by atoms with Gasteiger partial charge >= 0.3 is 0 Å². The predicted octanol–water partition coefficient (Wildman–Crippen LogP) is 2.92. The minimum Gasteiger partial charge on any atom is -0.496 e. The van der Waals surface area contributed by atoms with Crippen molar-refractivity contribution in [1.82, 2.24) is 10.7 Å². The van der Waals surface area contributed by atoms with Crippen molar-refractivity contribution in [2.24, 2.45) is 5.10 Å². The van der Waals surface area contributed by atoms with Gasteiger partial charge in [-0.25, -0.2) is 5.43 Å². The quantitative estimate of drug-likeness (QED) is 0.515. The Morgan fingerprint density at radius 3 is 2.62 bits per heavy atom. The Morgan fingerprint density at radius 2 is 1.92 bits per heavy atom. The Bertz CT molecular complexity index is 810. The van der Waals surface area contributed by atoms with Gasteiger partial charge in [-0.1, -0.05) is 39.7 Å². The van der Waals surface area contributed by atoms with Crippen LogP contribution in [0.1, 0.15) is 11.1 Å². The average molecular weight is 439 g/mol. The number of carbonyl (C=O) groups is 2. The van der Waals surface area contributed by atoms with Crippen LogP contribution in [-0.2, 0) is 16.0 Å². The van der Waals surface area contributed by atoms with E-state index in [4.69, 9.17) is 16.3 Å². The van der Waals surface area contributed by atoms with Gasteiger partial charge in [-0.05, 0) is 35.9 Å². The predicted molar refractivity (Wildman–Crippen MR) is 105 cm³/mol. The van der Waals surface area contributed by atoms with Crippen LogP contribution in [0.15, 0.2) is 52.0 Å². The summed E-state index contributed by atoms with van der Waals surface area (Å²) in [5.41, 5.74) is 3.87. The largest absolute Gasteiger partial charge is 0.496 e. The standard InChI is InChI=1S/C18H17BrClN3O3/c1-26-16-7-4-14(19)9-13(16)10-22-23-18(25)11-21-17(24)8-12-2-5-15(20)6-3-12/h2-7,9-10H,8,11H2,1H3,(H,21,24)(H,23,25). The molecule has 0 spiro atoms. The summed E-state index contributed by atoms with van der Waals surface area (Å²) in [5.74, 6) is -0.0674. The summed E-state index contributed by atoms with van der Waals surface area (Å²) in [4.78, 5) is 23.6. The van der Waals surface area contributed by atoms with Crippen molar-refractivity contribution < 1.29 is 14.3 Å². The van der Waals surface area contributed by atoms with Crippen LogP contribution in [0.3, 0.4) is 0 Å². The zero-order valence-corrected chi connectivity index (χ0v) is 16.3. The molecule has 0 fully saturated rings. The van der Waals surface area contributed by atoms with E-state index in [1.54, 1.807) is 37.4 Å². The van der Waals surface area contributed by atoms with Gasteiger partial charge < -0.3 is 10.1 Å². The number of amides is 2. The van der Waals surface area contributed by atoms with Crippen molar-refractivity contribution in [3.8, 4) is 5.75 Å². The second kappa shape index (κ2) is 9.94. The lowest BCUT2D eigenvalue weighted by Crippen LogP contribution is -2.35. The minimum absolute atomic E-state index is 0.167. The molecule has 2 amide bonds. The van der Waals surface area contributed by atoms with Gasteiger partial charge in [0.25, 0.3) is 5.91 Å². The van der Waals surface area contributed by atoms with E-state index in [2.05, 4.69) is 31.8 Å². The first kappa shape index (κ1) is 19.9. The number of halogens is 2. The van der Waals surface area contributed by atoms with Crippen molar-refractivity contribution in [2.75, 3.05) is 13.7 Å². The van der Waals surface area contributed by atoms with E-state index in [1.165, 1.54) is 6.21 Å². The molecular formula is C18H17BrClN3O3. The Kier molecular flexibility index (Phi) is 7.62. The van der Waals surface area contributed by atoms with Crippen molar-refractivity contribution in [1.29, 1.82) is 0 Å². The molecule has 0 atom stereocenters. The zero-order valence-electron chi connectivity index (χ0n) is 14.0. The number of nitrogens with zero attached hydrogens (tertiary/aromatic N) is 1. The van der Waals surface area contributed by atoms with Crippen LogP contribution < -0.4 is 15.5 Å². The molecule has 0 aliphatic rings. The second-order valence-electron chi connectivity index (χ2n) is 5.26. The maximum atomic E-state index is 11.8. The van der Waals surface area contributed by atoms with Crippen LogP contribution in [-0.4, -0.2) is 31.7 Å². The Hall–Kier alpha value is -2.38. The highest BCUT2D eigenvalue weighted by Gasteiger charge is 2.06. The van der Waals surface area contributed by atoms with Gasteiger partial charge in [-0.3, -0.25) is 9.59 Å². The third-order valence-corrected chi connectivity index (χ3v) is 4.05. The molecule has 0 heterocycles. The van der Waals surface area contributed by atoms with Crippen LogP contribution in [0, 0.1) is 0 Å². The van der Waals surface area contributed by atoms with E-state index in [1.807, 2.05) is 12.1 Å². The van der Waals surface area contributed by atoms with Crippen molar-refractivity contribution in [2.45, 2.75) is 6.42 Å². The fourth-order valence-electron chi connectivity index (χ4n) is 2.05. The second-order valence-corrected chi connectivity index (χ2v) is 6.61. The molecule has 2 aromatic carbocycles. The van der Waals surface area contributed by atoms with Crippen molar-refractivity contribution >= 4 is 45.6 Å². The third-order valence-electron chi connectivity index (χ3n) is 3.31. The smallest absolute Gasteiger partial charge is 0.259 e. The topological polar surface area (TPSA) is 79.8 Å². The molecule has 8 heteroatoms. The highest BCUT2D eigenvalue weighted by Crippen LogP contribution is 2.21. The van der Waals surface area contributed by atoms with E-state index in [0.29, 0.717) is 16.3 Å². The lowest BCUT2D eigenvalue weighted by Gasteiger charge is -2.06. The Labute approximate surface area is 164 Å². The summed E-state index contributed by atoms with van der Waals surface area (Å²) in [5, 5.41) is 7.01. The Balaban J connectivity index is 1.79. The maximum Gasteiger partial charge on any atom is 0.259 e. The lowest BCUT2D eigenvalue weighted by atomic mass is 10.1. The summed E-state index contributed by atoms with van der Waals surface area (Å²) in [6.07, 6.45) is 1.64. The highest BCUT2D eigenvalue weighted by atomic mass is 79.9. The first-order valence-corrected chi connectivity index (χ1v) is 8.81. The number of hydrogen-bond acceptors (Lipinski definition) is 4. The number of carbonyl (C=O) groups excluding carboxylic acids is 2. The molecular weight excluding hydrogens is 422 g/mol. The van der Waals surface area contributed by atoms with Crippen LogP contribution in [0.25, 0.3) is 0 Å². The van der Waals surface area contributed by atoms with Gasteiger partial charge in [0, 0.05) is 15.1 Å². The highest BCUT2D eigenvalue weighted by molar-refractivity contribution is 9.10. The number of ether oxygens (including phenoxy) is 1. The molecule has 2 N–H and O–H groups in total. The number of rotatable bonds is 7. The molecule has 0 aliphatic heterocycles. The summed E-state index contributed by atoms with van der Waals surface area (Å²) in [6, 6.07) is 12.4. The average Bonchev–Trinajstić information content (AvgIpc) is 2.62. The molecule has 26 heavy (non-hydrogen) atoms. The van der Waals surface area contributed by atoms with Gasteiger partial charge in [0.2, 0.25) is 5.91 Å². The molecule has 6 nitrogen and oxygen atoms in total. The van der Waals surface area contributed by atoms with Crippen LogP contribution in [0.5, 0.6) is 5.75 Å². The molecule has 0 bridgehead atoms. The molecule has 0 saturated heterocycles. The summed E-state index contributed by atoms with van der Waals surface area (Å²) in [6.45, 7) is -0.167. The normalized spacial score (nSPS) is 10.6. The summed E-state index contributed by atoms with van der Waals surface area (Å²) < 4.78 is 6.07. The van der Waals surface area contributed by atoms with Gasteiger partial charge in [0.1, 0.15) is 5.75 Å². The van der Waals surface area contributed by atoms with Gasteiger partial charge in [0.15, 0.2) is 0 Å². The Morgan fingerprint density at radius 1 is 1.19 bits per heavy atom. The molecule has 0 saturated carbocycles. The number of hydrazone groups is 1. The fraction of sp³-hybridized carbons (Fsp3) is 0.167. The van der Waals surface area contributed by atoms with E-state index in [-0.39, 0.29) is 18.9 Å². The number of benzene rings is 2. The molecule has 2 aromatic rings. The summed E-state index contributed by atoms with van der Waals surface area (Å²) >= 11 is 9.15. The lowest BCUT2D eigenvalue weighted by molar-refractivity contribution is -0.125. The first-order valence-electron chi connectivity index (χ1n) is 7.64. The van der Waals surface area contributed by atoms with Gasteiger partial charge in [0.05, 0.1) is 26.3 Å². The van der Waals surface area contributed by atoms with Crippen LogP contribution in [0.4, 0.5) is 0 Å². The van der Waals surface area contributed by atoms with E-state index < -0.39 is 5.91 Å². The monoisotopic (exact) mass is 437 g/mol. The van der Waals surface area contributed by atoms with Crippen LogP contribution >= 0.6 is 27.5 Å². The first-order chi connectivity index (χ1) is 12.5. The number of hydrogen-bond donors (Lipinski definition) is 2. The van der Waals surface area contributed by atoms with E-state index >= 15 is 0 Å². The fourth-order valence-corrected chi connectivity index (χ4v) is 2.55. The molecule has 0 unspecified atom stereocenters. The van der Waals surface area contributed by atoms with Crippen LogP contribution in [0.2, 0.25) is 5.02 Å². The minimum atomic E-state index is -0.431. The van der Waals surface area contributed by atoms with Crippen molar-refractivity contribution in [3.05, 3.63) is 63.1 Å². The molecule has 0 aromatic heterocycles. The van der Waals surface area contributed by atoms with Crippen molar-refractivity contribution in [3.63, 3.8) is 0 Å². The molecule has 2 rings (SSSR count). The number of methoxy groups -OCH3 is 1.